The van der Waals surface area contributed by atoms with E-state index in [4.69, 9.17) is 0 Å². The molecule has 1 aliphatic rings. The lowest BCUT2D eigenvalue weighted by Crippen LogP contribution is -2.34. The first-order valence-corrected chi connectivity index (χ1v) is 7.46. The van der Waals surface area contributed by atoms with E-state index in [9.17, 15) is 4.79 Å². The van der Waals surface area contributed by atoms with E-state index in [2.05, 4.69) is 10.6 Å². The van der Waals surface area contributed by atoms with Gasteiger partial charge in [-0.15, -0.1) is 0 Å². The lowest BCUT2D eigenvalue weighted by Gasteiger charge is -2.23. The molecule has 4 nitrogen and oxygen atoms in total. The van der Waals surface area contributed by atoms with Crippen LogP contribution in [-0.2, 0) is 4.79 Å². The largest absolute Gasteiger partial charge is 0.378 e. The molecule has 0 spiro atoms. The number of hydrogen-bond donors (Lipinski definition) is 2. The Morgan fingerprint density at radius 1 is 1.40 bits per heavy atom. The van der Waals surface area contributed by atoms with Crippen LogP contribution in [0.25, 0.3) is 0 Å². The zero-order valence-electron chi connectivity index (χ0n) is 12.5. The van der Waals surface area contributed by atoms with Gasteiger partial charge in [-0.2, -0.15) is 0 Å². The Hall–Kier alpha value is -1.55. The van der Waals surface area contributed by atoms with Crippen LogP contribution in [-0.4, -0.2) is 32.6 Å². The van der Waals surface area contributed by atoms with E-state index in [0.717, 1.165) is 24.3 Å². The third-order valence-corrected chi connectivity index (χ3v) is 3.78. The van der Waals surface area contributed by atoms with Gasteiger partial charge in [0, 0.05) is 37.9 Å². The fourth-order valence-corrected chi connectivity index (χ4v) is 2.56. The number of nitrogens with zero attached hydrogens (tertiary/aromatic N) is 1. The number of carbonyl (C=O) groups excluding carboxylic acids is 1. The molecule has 0 aliphatic carbocycles. The van der Waals surface area contributed by atoms with Crippen molar-refractivity contribution in [2.75, 3.05) is 30.9 Å². The molecule has 2 N–H and O–H groups in total. The molecular weight excluding hydrogens is 250 g/mol. The highest BCUT2D eigenvalue weighted by Gasteiger charge is 2.14. The van der Waals surface area contributed by atoms with Gasteiger partial charge in [-0.1, -0.05) is 12.5 Å². The molecule has 1 aromatic carbocycles. The predicted octanol–water partition coefficient (Wildman–Crippen LogP) is 2.61. The third kappa shape index (κ3) is 4.53. The van der Waals surface area contributed by atoms with E-state index in [1.54, 1.807) is 0 Å². The maximum Gasteiger partial charge on any atom is 0.224 e. The van der Waals surface area contributed by atoms with Gasteiger partial charge in [0.25, 0.3) is 0 Å². The number of carbonyl (C=O) groups is 1. The van der Waals surface area contributed by atoms with Gasteiger partial charge < -0.3 is 15.5 Å². The minimum Gasteiger partial charge on any atom is -0.378 e. The van der Waals surface area contributed by atoms with Crippen LogP contribution in [0, 0.1) is 0 Å². The summed E-state index contributed by atoms with van der Waals surface area (Å²) in [5.41, 5.74) is 1.97. The first kappa shape index (κ1) is 14.9. The Balaban J connectivity index is 1.80. The van der Waals surface area contributed by atoms with Crippen molar-refractivity contribution in [3.63, 3.8) is 0 Å². The SMILES string of the molecule is CN(C)c1cccc(NC(=O)CCC2CCCCN2)c1. The maximum atomic E-state index is 12.0. The fourth-order valence-electron chi connectivity index (χ4n) is 2.56. The average Bonchev–Trinajstić information content (AvgIpc) is 2.46. The van der Waals surface area contributed by atoms with Crippen LogP contribution < -0.4 is 15.5 Å². The van der Waals surface area contributed by atoms with Crippen LogP contribution in [0.5, 0.6) is 0 Å². The minimum absolute atomic E-state index is 0.105. The molecule has 0 saturated carbocycles. The zero-order valence-corrected chi connectivity index (χ0v) is 12.5. The molecule has 1 fully saturated rings. The van der Waals surface area contributed by atoms with Gasteiger partial charge in [0.05, 0.1) is 0 Å². The van der Waals surface area contributed by atoms with Gasteiger partial charge >= 0.3 is 0 Å². The van der Waals surface area contributed by atoms with Gasteiger partial charge in [-0.3, -0.25) is 4.79 Å². The molecule has 1 aliphatic heterocycles. The summed E-state index contributed by atoms with van der Waals surface area (Å²) in [4.78, 5) is 14.0. The summed E-state index contributed by atoms with van der Waals surface area (Å²) in [6, 6.07) is 8.44. The van der Waals surface area contributed by atoms with Gasteiger partial charge in [0.15, 0.2) is 0 Å². The number of hydrogen-bond acceptors (Lipinski definition) is 3. The lowest BCUT2D eigenvalue weighted by atomic mass is 10.0. The van der Waals surface area contributed by atoms with Crippen molar-refractivity contribution < 1.29 is 4.79 Å². The third-order valence-electron chi connectivity index (χ3n) is 3.78. The number of anilines is 2. The standard InChI is InChI=1S/C16H25N3O/c1-19(2)15-8-5-7-14(12-15)18-16(20)10-9-13-6-3-4-11-17-13/h5,7-8,12-13,17H,3-4,6,9-11H2,1-2H3,(H,18,20). The molecule has 0 radical (unpaired) electrons. The second kappa shape index (κ2) is 7.29. The molecule has 1 atom stereocenters. The minimum atomic E-state index is 0.105. The normalized spacial score (nSPS) is 18.6. The zero-order chi connectivity index (χ0) is 14.4. The van der Waals surface area contributed by atoms with Crippen molar-refractivity contribution in [3.05, 3.63) is 24.3 Å². The molecule has 1 unspecified atom stereocenters. The summed E-state index contributed by atoms with van der Waals surface area (Å²) in [6.07, 6.45) is 5.26. The van der Waals surface area contributed by atoms with E-state index in [-0.39, 0.29) is 5.91 Å². The molecule has 1 heterocycles. The Morgan fingerprint density at radius 2 is 2.25 bits per heavy atom. The quantitative estimate of drug-likeness (QED) is 0.868. The number of amides is 1. The smallest absolute Gasteiger partial charge is 0.224 e. The first-order chi connectivity index (χ1) is 9.65. The van der Waals surface area contributed by atoms with Crippen LogP contribution in [0.1, 0.15) is 32.1 Å². The van der Waals surface area contributed by atoms with Crippen molar-refractivity contribution in [2.24, 2.45) is 0 Å². The lowest BCUT2D eigenvalue weighted by molar-refractivity contribution is -0.116. The van der Waals surface area contributed by atoms with E-state index in [1.807, 2.05) is 43.3 Å². The Labute approximate surface area is 121 Å². The van der Waals surface area contributed by atoms with Crippen LogP contribution in [0.4, 0.5) is 11.4 Å². The Kier molecular flexibility index (Phi) is 5.41. The molecule has 4 heteroatoms. The van der Waals surface area contributed by atoms with Crippen LogP contribution >= 0.6 is 0 Å². The van der Waals surface area contributed by atoms with Crippen LogP contribution in [0.3, 0.4) is 0 Å². The predicted molar refractivity (Wildman–Crippen MR) is 84.3 cm³/mol. The first-order valence-electron chi connectivity index (χ1n) is 7.46. The topological polar surface area (TPSA) is 44.4 Å². The van der Waals surface area contributed by atoms with E-state index < -0.39 is 0 Å². The molecule has 0 bridgehead atoms. The summed E-state index contributed by atoms with van der Waals surface area (Å²) in [7, 11) is 3.99. The molecule has 0 aromatic heterocycles. The second-order valence-corrected chi connectivity index (χ2v) is 5.68. The number of nitrogens with one attached hydrogen (secondary N) is 2. The Morgan fingerprint density at radius 3 is 2.95 bits per heavy atom. The number of rotatable bonds is 5. The molecule has 1 aromatic rings. The summed E-state index contributed by atoms with van der Waals surface area (Å²) >= 11 is 0. The van der Waals surface area contributed by atoms with Gasteiger partial charge in [0.1, 0.15) is 0 Å². The van der Waals surface area contributed by atoms with Gasteiger partial charge in [0.2, 0.25) is 5.91 Å². The fraction of sp³-hybridized carbons (Fsp3) is 0.562. The molecule has 1 saturated heterocycles. The molecular formula is C16H25N3O. The van der Waals surface area contributed by atoms with Crippen LogP contribution in [0.2, 0.25) is 0 Å². The van der Waals surface area contributed by atoms with E-state index in [1.165, 1.54) is 19.3 Å². The molecule has 2 rings (SSSR count). The highest BCUT2D eigenvalue weighted by Crippen LogP contribution is 2.18. The Bertz CT molecular complexity index is 439. The van der Waals surface area contributed by atoms with Crippen molar-refractivity contribution in [2.45, 2.75) is 38.1 Å². The highest BCUT2D eigenvalue weighted by atomic mass is 16.1. The molecule has 20 heavy (non-hydrogen) atoms. The number of benzene rings is 1. The van der Waals surface area contributed by atoms with Crippen LogP contribution in [0.15, 0.2) is 24.3 Å². The van der Waals surface area contributed by atoms with Gasteiger partial charge in [-0.25, -0.2) is 0 Å². The summed E-state index contributed by atoms with van der Waals surface area (Å²) in [6.45, 7) is 1.09. The van der Waals surface area contributed by atoms with Crippen molar-refractivity contribution in [3.8, 4) is 0 Å². The molecule has 110 valence electrons. The summed E-state index contributed by atoms with van der Waals surface area (Å²) in [5.74, 6) is 0.105. The second-order valence-electron chi connectivity index (χ2n) is 5.68. The molecule has 1 amide bonds. The summed E-state index contributed by atoms with van der Waals surface area (Å²) in [5, 5.41) is 6.46. The summed E-state index contributed by atoms with van der Waals surface area (Å²) < 4.78 is 0. The monoisotopic (exact) mass is 275 g/mol. The van der Waals surface area contributed by atoms with Gasteiger partial charge in [-0.05, 0) is 44.0 Å². The van der Waals surface area contributed by atoms with Crippen molar-refractivity contribution in [1.29, 1.82) is 0 Å². The van der Waals surface area contributed by atoms with E-state index in [0.29, 0.717) is 12.5 Å². The number of piperidine rings is 1. The van der Waals surface area contributed by atoms with Crippen molar-refractivity contribution >= 4 is 17.3 Å². The van der Waals surface area contributed by atoms with Crippen molar-refractivity contribution in [1.82, 2.24) is 5.32 Å². The average molecular weight is 275 g/mol. The highest BCUT2D eigenvalue weighted by molar-refractivity contribution is 5.91. The maximum absolute atomic E-state index is 12.0. The van der Waals surface area contributed by atoms with E-state index >= 15 is 0 Å².